The van der Waals surface area contributed by atoms with Gasteiger partial charge in [0, 0.05) is 66.4 Å². The van der Waals surface area contributed by atoms with E-state index in [0.29, 0.717) is 6.54 Å². The summed E-state index contributed by atoms with van der Waals surface area (Å²) in [5.41, 5.74) is 2.99. The van der Waals surface area contributed by atoms with Crippen LogP contribution in [0.15, 0.2) is 176 Å². The maximum Gasteiger partial charge on any atom is 0.171 e. The van der Waals surface area contributed by atoms with E-state index >= 15 is 9.13 Å². The smallest absolute Gasteiger partial charge is 0.171 e. The first-order valence-electron chi connectivity index (χ1n) is 15.8. The van der Waals surface area contributed by atoms with Crippen molar-refractivity contribution in [3.8, 4) is 0 Å². The van der Waals surface area contributed by atoms with Crippen LogP contribution >= 0.6 is 14.3 Å². The quantitative estimate of drug-likeness (QED) is 0.166. The molecule has 0 aliphatic heterocycles. The van der Waals surface area contributed by atoms with Crippen LogP contribution < -0.4 is 31.8 Å². The van der Waals surface area contributed by atoms with E-state index in [1.54, 1.807) is 12.4 Å². The summed E-state index contributed by atoms with van der Waals surface area (Å²) >= 11 is 0. The van der Waals surface area contributed by atoms with E-state index in [4.69, 9.17) is 0 Å². The second-order valence-corrected chi connectivity index (χ2v) is 17.3. The lowest BCUT2D eigenvalue weighted by Crippen LogP contribution is -2.25. The van der Waals surface area contributed by atoms with E-state index in [2.05, 4.69) is 39.0 Å². The maximum absolute atomic E-state index is 15.4. The van der Waals surface area contributed by atoms with Crippen LogP contribution in [0.5, 0.6) is 0 Å². The Morgan fingerprint density at radius 1 is 0.438 bits per heavy atom. The molecule has 6 aromatic carbocycles. The predicted octanol–water partition coefficient (Wildman–Crippen LogP) is 6.91. The summed E-state index contributed by atoms with van der Waals surface area (Å²) < 4.78 is 33.1. The lowest BCUT2D eigenvalue weighted by molar-refractivity contribution is 0.591. The third kappa shape index (κ3) is 5.04. The molecule has 2 aromatic heterocycles. The van der Waals surface area contributed by atoms with Crippen molar-refractivity contribution in [2.75, 3.05) is 0 Å². The van der Waals surface area contributed by atoms with Gasteiger partial charge >= 0.3 is 0 Å². The van der Waals surface area contributed by atoms with E-state index in [1.807, 2.05) is 140 Å². The van der Waals surface area contributed by atoms with Crippen molar-refractivity contribution in [3.63, 3.8) is 0 Å². The van der Waals surface area contributed by atoms with Crippen molar-refractivity contribution in [2.45, 2.75) is 6.54 Å². The van der Waals surface area contributed by atoms with Crippen molar-refractivity contribution < 1.29 is 9.13 Å². The second kappa shape index (κ2) is 12.4. The van der Waals surface area contributed by atoms with E-state index in [-0.39, 0.29) is 0 Å². The Morgan fingerprint density at radius 3 is 1.19 bits per heavy atom. The van der Waals surface area contributed by atoms with Crippen LogP contribution in [0.3, 0.4) is 0 Å². The van der Waals surface area contributed by atoms with Crippen LogP contribution in [0.25, 0.3) is 21.8 Å². The molecule has 0 saturated carbocycles. The highest BCUT2D eigenvalue weighted by molar-refractivity contribution is 7.85. The fourth-order valence-corrected chi connectivity index (χ4v) is 12.0. The minimum Gasteiger partial charge on any atom is -0.336 e. The average molecular weight is 660 g/mol. The van der Waals surface area contributed by atoms with Crippen molar-refractivity contribution in [1.29, 1.82) is 0 Å². The third-order valence-electron chi connectivity index (χ3n) is 9.02. The Hall–Kier alpha value is -5.34. The molecule has 2 heterocycles. The lowest BCUT2D eigenvalue weighted by atomic mass is 10.1. The summed E-state index contributed by atoms with van der Waals surface area (Å²) in [4.78, 5) is 0. The van der Waals surface area contributed by atoms with Gasteiger partial charge in [-0.15, -0.1) is 0 Å². The molecule has 7 heteroatoms. The van der Waals surface area contributed by atoms with Gasteiger partial charge in [-0.3, -0.25) is 0 Å². The van der Waals surface area contributed by atoms with Crippen LogP contribution in [0.4, 0.5) is 0 Å². The van der Waals surface area contributed by atoms with E-state index in [9.17, 15) is 0 Å². The predicted molar refractivity (Wildman–Crippen MR) is 199 cm³/mol. The number of nitrogens with zero attached hydrogens (tertiary/aromatic N) is 3. The largest absolute Gasteiger partial charge is 0.336 e. The van der Waals surface area contributed by atoms with Gasteiger partial charge in [0.05, 0.1) is 6.20 Å². The molecule has 8 rings (SSSR count). The Morgan fingerprint density at radius 2 is 0.833 bits per heavy atom. The summed E-state index contributed by atoms with van der Waals surface area (Å²) in [5.74, 6) is 0. The first kappa shape index (κ1) is 30.0. The molecule has 0 amide bonds. The molecule has 0 atom stereocenters. The molecule has 48 heavy (non-hydrogen) atoms. The first-order valence-corrected chi connectivity index (χ1v) is 19.2. The fourth-order valence-electron chi connectivity index (χ4n) is 6.68. The Labute approximate surface area is 279 Å². The summed E-state index contributed by atoms with van der Waals surface area (Å²) in [6, 6.07) is 53.2. The summed E-state index contributed by atoms with van der Waals surface area (Å²) in [6.07, 6.45) is 3.48. The molecule has 0 unspecified atom stereocenters. The van der Waals surface area contributed by atoms with Crippen molar-refractivity contribution in [1.82, 2.24) is 14.8 Å². The zero-order valence-corrected chi connectivity index (χ0v) is 27.8. The minimum absolute atomic E-state index is 0.568. The molecular formula is C41H31N3O2P2. The summed E-state index contributed by atoms with van der Waals surface area (Å²) in [7, 11) is -6.48. The minimum atomic E-state index is -3.24. The molecule has 0 radical (unpaired) electrons. The van der Waals surface area contributed by atoms with Gasteiger partial charge in [0.25, 0.3) is 0 Å². The highest BCUT2D eigenvalue weighted by atomic mass is 31.2. The summed E-state index contributed by atoms with van der Waals surface area (Å²) in [6.45, 7) is 0.568. The van der Waals surface area contributed by atoms with Crippen molar-refractivity contribution >= 4 is 67.9 Å². The molecule has 5 nitrogen and oxygen atoms in total. The third-order valence-corrected chi connectivity index (χ3v) is 15.1. The van der Waals surface area contributed by atoms with Gasteiger partial charge in [0.2, 0.25) is 0 Å². The van der Waals surface area contributed by atoms with Gasteiger partial charge in [-0.05, 0) is 48.0 Å². The molecule has 0 saturated heterocycles. The Bertz CT molecular complexity index is 2230. The molecule has 0 aliphatic carbocycles. The topological polar surface area (TPSA) is 64.8 Å². The number of rotatable bonds is 8. The zero-order valence-electron chi connectivity index (χ0n) is 26.0. The fraction of sp³-hybridized carbons (Fsp3) is 0.0244. The second-order valence-electron chi connectivity index (χ2n) is 11.8. The molecule has 0 N–H and O–H groups in total. The zero-order chi connectivity index (χ0) is 32.6. The Kier molecular flexibility index (Phi) is 7.73. The standard InChI is InChI=1S/C41H31N3O2P2/c45-47(32-13-5-1-6-14-32,33-15-7-2-8-16-33)36-21-23-40-38(27-36)39-28-37(22-24-41(39)44(40)30-31-25-26-42-43-29-31)48(46,34-17-9-3-10-18-34)35-19-11-4-12-20-35/h1-29H,30H2. The van der Waals surface area contributed by atoms with Gasteiger partial charge in [-0.25, -0.2) is 0 Å². The highest BCUT2D eigenvalue weighted by Gasteiger charge is 2.32. The number of hydrogen-bond acceptors (Lipinski definition) is 4. The normalized spacial score (nSPS) is 12.0. The lowest BCUT2D eigenvalue weighted by Gasteiger charge is -2.20. The number of aromatic nitrogens is 3. The maximum atomic E-state index is 15.4. The molecule has 0 fully saturated rings. The molecular weight excluding hydrogens is 628 g/mol. The summed E-state index contributed by atoms with van der Waals surface area (Å²) in [5, 5.41) is 14.6. The van der Waals surface area contributed by atoms with Crippen LogP contribution in [0.2, 0.25) is 0 Å². The molecule has 0 spiro atoms. The Balaban J connectivity index is 1.42. The molecule has 232 valence electrons. The van der Waals surface area contributed by atoms with Gasteiger partial charge in [-0.2, -0.15) is 10.2 Å². The van der Waals surface area contributed by atoms with Crippen LogP contribution in [-0.2, 0) is 15.7 Å². The van der Waals surface area contributed by atoms with Gasteiger partial charge in [0.1, 0.15) is 0 Å². The van der Waals surface area contributed by atoms with Crippen LogP contribution in [-0.4, -0.2) is 14.8 Å². The van der Waals surface area contributed by atoms with E-state index in [1.165, 1.54) is 0 Å². The SMILES string of the molecule is O=P(c1ccccc1)(c1ccccc1)c1ccc2c(c1)c1cc(P(=O)(c3ccccc3)c3ccccc3)ccc1n2Cc1ccnnc1. The van der Waals surface area contributed by atoms with E-state index < -0.39 is 14.3 Å². The molecule has 0 aliphatic rings. The van der Waals surface area contributed by atoms with Gasteiger partial charge < -0.3 is 13.7 Å². The van der Waals surface area contributed by atoms with E-state index in [0.717, 1.165) is 59.2 Å². The first-order chi connectivity index (χ1) is 23.6. The van der Waals surface area contributed by atoms with Crippen molar-refractivity contribution in [3.05, 3.63) is 182 Å². The average Bonchev–Trinajstić information content (AvgIpc) is 3.47. The number of fused-ring (bicyclic) bond motifs is 3. The molecule has 8 aromatic rings. The molecule has 0 bridgehead atoms. The van der Waals surface area contributed by atoms with Gasteiger partial charge in [-0.1, -0.05) is 121 Å². The van der Waals surface area contributed by atoms with Crippen molar-refractivity contribution in [2.24, 2.45) is 0 Å². The number of hydrogen-bond donors (Lipinski definition) is 0. The van der Waals surface area contributed by atoms with Crippen LogP contribution in [0, 0.1) is 0 Å². The van der Waals surface area contributed by atoms with Crippen LogP contribution in [0.1, 0.15) is 5.56 Å². The van der Waals surface area contributed by atoms with Gasteiger partial charge in [0.15, 0.2) is 14.3 Å². The highest BCUT2D eigenvalue weighted by Crippen LogP contribution is 2.46. The monoisotopic (exact) mass is 659 g/mol. The number of benzene rings is 6.